The lowest BCUT2D eigenvalue weighted by atomic mass is 9.75. The van der Waals surface area contributed by atoms with Crippen molar-refractivity contribution in [3.05, 3.63) is 23.8 Å². The van der Waals surface area contributed by atoms with Crippen LogP contribution in [0.25, 0.3) is 0 Å². The van der Waals surface area contributed by atoms with Gasteiger partial charge in [-0.3, -0.25) is 0 Å². The minimum atomic E-state index is 0.555. The highest BCUT2D eigenvalue weighted by Gasteiger charge is 2.02. The van der Waals surface area contributed by atoms with Gasteiger partial charge >= 0.3 is 0 Å². The molecule has 0 aliphatic rings. The SMILES string of the molecule is C[B]Cc1cc(OC)cc(OCCOC)c1. The third kappa shape index (κ3) is 4.15. The first kappa shape index (κ1) is 12.9. The molecule has 1 radical (unpaired) electrons. The van der Waals surface area contributed by atoms with E-state index in [0.717, 1.165) is 17.8 Å². The number of hydrogen-bond acceptors (Lipinski definition) is 3. The zero-order valence-corrected chi connectivity index (χ0v) is 10.2. The van der Waals surface area contributed by atoms with E-state index >= 15 is 0 Å². The maximum atomic E-state index is 5.56. The van der Waals surface area contributed by atoms with Gasteiger partial charge in [0.2, 0.25) is 0 Å². The van der Waals surface area contributed by atoms with Crippen molar-refractivity contribution in [3.8, 4) is 11.5 Å². The fraction of sp³-hybridized carbons (Fsp3) is 0.500. The molecule has 0 bridgehead atoms. The Morgan fingerprint density at radius 2 is 1.81 bits per heavy atom. The molecule has 16 heavy (non-hydrogen) atoms. The second-order valence-corrected chi connectivity index (χ2v) is 3.47. The van der Waals surface area contributed by atoms with Crippen molar-refractivity contribution in [1.82, 2.24) is 0 Å². The second kappa shape index (κ2) is 7.17. The topological polar surface area (TPSA) is 27.7 Å². The Hall–Kier alpha value is -1.16. The Morgan fingerprint density at radius 3 is 2.44 bits per heavy atom. The van der Waals surface area contributed by atoms with E-state index in [4.69, 9.17) is 14.2 Å². The predicted octanol–water partition coefficient (Wildman–Crippen LogP) is 1.97. The van der Waals surface area contributed by atoms with E-state index in [2.05, 4.69) is 7.28 Å². The Morgan fingerprint density at radius 1 is 1.06 bits per heavy atom. The van der Waals surface area contributed by atoms with Gasteiger partial charge < -0.3 is 14.2 Å². The molecule has 4 heteroatoms. The molecule has 1 aromatic rings. The normalized spacial score (nSPS) is 9.94. The van der Waals surface area contributed by atoms with Crippen LogP contribution in [0, 0.1) is 0 Å². The zero-order valence-electron chi connectivity index (χ0n) is 10.2. The summed E-state index contributed by atoms with van der Waals surface area (Å²) in [5, 5.41) is 0. The average molecular weight is 221 g/mol. The highest BCUT2D eigenvalue weighted by atomic mass is 16.5. The summed E-state index contributed by atoms with van der Waals surface area (Å²) >= 11 is 0. The molecule has 0 spiro atoms. The molecular weight excluding hydrogens is 203 g/mol. The quantitative estimate of drug-likeness (QED) is 0.520. The standard InChI is InChI=1S/C12H18BO3/c1-13-9-10-6-11(15-3)8-12(7-10)16-5-4-14-2/h6-8H,4-5,9H2,1-3H3. The summed E-state index contributed by atoms with van der Waals surface area (Å²) in [7, 11) is 5.42. The van der Waals surface area contributed by atoms with Crippen LogP contribution in [-0.2, 0) is 11.1 Å². The van der Waals surface area contributed by atoms with Crippen LogP contribution < -0.4 is 9.47 Å². The largest absolute Gasteiger partial charge is 0.497 e. The van der Waals surface area contributed by atoms with E-state index in [1.807, 2.05) is 25.0 Å². The van der Waals surface area contributed by atoms with Crippen molar-refractivity contribution < 1.29 is 14.2 Å². The molecule has 0 amide bonds. The number of rotatable bonds is 7. The van der Waals surface area contributed by atoms with Crippen molar-refractivity contribution in [3.63, 3.8) is 0 Å². The lowest BCUT2D eigenvalue weighted by Crippen LogP contribution is -2.05. The molecule has 0 atom stereocenters. The smallest absolute Gasteiger partial charge is 0.123 e. The fourth-order valence-electron chi connectivity index (χ4n) is 1.43. The minimum absolute atomic E-state index is 0.555. The van der Waals surface area contributed by atoms with Crippen LogP contribution in [0.3, 0.4) is 0 Å². The summed E-state index contributed by atoms with van der Waals surface area (Å²) in [6.45, 7) is 3.18. The fourth-order valence-corrected chi connectivity index (χ4v) is 1.43. The van der Waals surface area contributed by atoms with E-state index < -0.39 is 0 Å². The Kier molecular flexibility index (Phi) is 5.79. The number of hydrogen-bond donors (Lipinski definition) is 0. The maximum Gasteiger partial charge on any atom is 0.123 e. The Labute approximate surface area is 97.9 Å². The summed E-state index contributed by atoms with van der Waals surface area (Å²) < 4.78 is 15.7. The minimum Gasteiger partial charge on any atom is -0.497 e. The van der Waals surface area contributed by atoms with Crippen molar-refractivity contribution in [2.75, 3.05) is 27.4 Å². The van der Waals surface area contributed by atoms with Crippen molar-refractivity contribution in [2.45, 2.75) is 13.1 Å². The molecule has 0 aliphatic heterocycles. The lowest BCUT2D eigenvalue weighted by Gasteiger charge is -2.10. The second-order valence-electron chi connectivity index (χ2n) is 3.47. The van der Waals surface area contributed by atoms with Crippen molar-refractivity contribution >= 4 is 7.28 Å². The average Bonchev–Trinajstić information content (AvgIpc) is 2.29. The van der Waals surface area contributed by atoms with Gasteiger partial charge in [0.25, 0.3) is 0 Å². The van der Waals surface area contributed by atoms with Crippen LogP contribution in [0.15, 0.2) is 18.2 Å². The number of ether oxygens (including phenoxy) is 3. The molecule has 0 fully saturated rings. The molecule has 0 aliphatic carbocycles. The lowest BCUT2D eigenvalue weighted by molar-refractivity contribution is 0.146. The summed E-state index contributed by atoms with van der Waals surface area (Å²) in [5.41, 5.74) is 1.19. The van der Waals surface area contributed by atoms with Gasteiger partial charge in [-0.25, -0.2) is 0 Å². The van der Waals surface area contributed by atoms with Crippen LogP contribution in [0.2, 0.25) is 6.82 Å². The third-order valence-electron chi connectivity index (χ3n) is 2.17. The molecule has 0 N–H and O–H groups in total. The van der Waals surface area contributed by atoms with Crippen LogP contribution in [0.1, 0.15) is 5.56 Å². The highest BCUT2D eigenvalue weighted by Crippen LogP contribution is 2.22. The Bertz CT molecular complexity index is 315. The predicted molar refractivity (Wildman–Crippen MR) is 65.7 cm³/mol. The monoisotopic (exact) mass is 221 g/mol. The van der Waals surface area contributed by atoms with E-state index in [1.54, 1.807) is 14.2 Å². The van der Waals surface area contributed by atoms with Gasteiger partial charge in [0.15, 0.2) is 0 Å². The summed E-state index contributed by atoms with van der Waals surface area (Å²) in [5.74, 6) is 1.65. The molecule has 0 aromatic heterocycles. The summed E-state index contributed by atoms with van der Waals surface area (Å²) in [4.78, 5) is 0. The first-order chi connectivity index (χ1) is 7.80. The van der Waals surface area contributed by atoms with Gasteiger partial charge in [-0.15, -0.1) is 0 Å². The van der Waals surface area contributed by atoms with E-state index in [9.17, 15) is 0 Å². The van der Waals surface area contributed by atoms with Crippen LogP contribution in [0.5, 0.6) is 11.5 Å². The molecule has 0 unspecified atom stereocenters. The van der Waals surface area contributed by atoms with Crippen LogP contribution in [0.4, 0.5) is 0 Å². The van der Waals surface area contributed by atoms with Crippen LogP contribution >= 0.6 is 0 Å². The van der Waals surface area contributed by atoms with Crippen LogP contribution in [-0.4, -0.2) is 34.7 Å². The van der Waals surface area contributed by atoms with Gasteiger partial charge in [-0.2, -0.15) is 0 Å². The third-order valence-corrected chi connectivity index (χ3v) is 2.17. The summed E-state index contributed by atoms with van der Waals surface area (Å²) in [6.07, 6.45) is 0.915. The van der Waals surface area contributed by atoms with Crippen molar-refractivity contribution in [1.29, 1.82) is 0 Å². The van der Waals surface area contributed by atoms with E-state index in [1.165, 1.54) is 5.56 Å². The molecule has 0 heterocycles. The van der Waals surface area contributed by atoms with Gasteiger partial charge in [-0.05, 0) is 17.7 Å². The molecule has 1 aromatic carbocycles. The molecular formula is C12H18BO3. The van der Waals surface area contributed by atoms with E-state index in [0.29, 0.717) is 13.2 Å². The Balaban J connectivity index is 2.69. The number of methoxy groups -OCH3 is 2. The summed E-state index contributed by atoms with van der Waals surface area (Å²) in [6, 6.07) is 5.93. The van der Waals surface area contributed by atoms with Crippen molar-refractivity contribution in [2.24, 2.45) is 0 Å². The van der Waals surface area contributed by atoms with Gasteiger partial charge in [0, 0.05) is 13.2 Å². The van der Waals surface area contributed by atoms with E-state index in [-0.39, 0.29) is 0 Å². The zero-order chi connectivity index (χ0) is 11.8. The highest BCUT2D eigenvalue weighted by molar-refractivity contribution is 6.32. The number of benzene rings is 1. The van der Waals surface area contributed by atoms with Gasteiger partial charge in [-0.1, -0.05) is 13.1 Å². The first-order valence-electron chi connectivity index (χ1n) is 5.37. The first-order valence-corrected chi connectivity index (χ1v) is 5.37. The van der Waals surface area contributed by atoms with Gasteiger partial charge in [0.05, 0.1) is 13.7 Å². The molecule has 0 saturated carbocycles. The molecule has 3 nitrogen and oxygen atoms in total. The maximum absolute atomic E-state index is 5.56. The molecule has 1 rings (SSSR count). The van der Waals surface area contributed by atoms with Gasteiger partial charge in [0.1, 0.15) is 25.4 Å². The molecule has 0 saturated heterocycles. The molecule has 87 valence electrons.